The summed E-state index contributed by atoms with van der Waals surface area (Å²) in [5.74, 6) is 0.846. The first kappa shape index (κ1) is 12.7. The number of hydrogen-bond donors (Lipinski definition) is 0. The predicted molar refractivity (Wildman–Crippen MR) is 69.4 cm³/mol. The molecule has 2 rings (SSSR count). The normalized spacial score (nSPS) is 10.2. The molecule has 0 unspecified atom stereocenters. The highest BCUT2D eigenvalue weighted by Gasteiger charge is 2.22. The Morgan fingerprint density at radius 1 is 1.11 bits per heavy atom. The quantitative estimate of drug-likeness (QED) is 0.813. The molecule has 0 spiro atoms. The molecular formula is C13H11BrO4. The molecule has 2 aromatic rings. The molecule has 1 heterocycles. The summed E-state index contributed by atoms with van der Waals surface area (Å²) >= 11 is 3.16. The lowest BCUT2D eigenvalue weighted by molar-refractivity contribution is 0.100. The summed E-state index contributed by atoms with van der Waals surface area (Å²) in [4.78, 5) is 12.3. The molecule has 0 atom stereocenters. The van der Waals surface area contributed by atoms with Crippen LogP contribution in [0.1, 0.15) is 16.1 Å². The van der Waals surface area contributed by atoms with Gasteiger partial charge < -0.3 is 13.9 Å². The van der Waals surface area contributed by atoms with E-state index in [0.717, 1.165) is 0 Å². The fraction of sp³-hybridized carbons (Fsp3) is 0.154. The highest BCUT2D eigenvalue weighted by atomic mass is 79.9. The number of rotatable bonds is 4. The van der Waals surface area contributed by atoms with Crippen LogP contribution in [0.3, 0.4) is 0 Å². The second-order valence-corrected chi connectivity index (χ2v) is 4.25. The minimum absolute atomic E-state index is 0.227. The number of ketones is 1. The van der Waals surface area contributed by atoms with Gasteiger partial charge >= 0.3 is 0 Å². The number of hydrogen-bond acceptors (Lipinski definition) is 4. The van der Waals surface area contributed by atoms with E-state index in [1.165, 1.54) is 14.2 Å². The number of furan rings is 1. The van der Waals surface area contributed by atoms with Gasteiger partial charge in [-0.05, 0) is 40.2 Å². The number of benzene rings is 1. The molecule has 94 valence electrons. The van der Waals surface area contributed by atoms with Crippen LogP contribution in [0.2, 0.25) is 0 Å². The van der Waals surface area contributed by atoms with Gasteiger partial charge in [-0.2, -0.15) is 0 Å². The fourth-order valence-corrected chi connectivity index (χ4v) is 1.94. The van der Waals surface area contributed by atoms with Crippen molar-refractivity contribution in [3.05, 3.63) is 46.3 Å². The van der Waals surface area contributed by atoms with Crippen LogP contribution < -0.4 is 9.47 Å². The molecule has 1 aromatic carbocycles. The van der Waals surface area contributed by atoms with Gasteiger partial charge in [0.1, 0.15) is 17.1 Å². The average Bonchev–Trinajstić information content (AvgIpc) is 2.83. The van der Waals surface area contributed by atoms with Crippen LogP contribution in [0, 0.1) is 0 Å². The lowest BCUT2D eigenvalue weighted by Crippen LogP contribution is -2.05. The van der Waals surface area contributed by atoms with E-state index in [1.807, 2.05) is 0 Å². The van der Waals surface area contributed by atoms with Crippen LogP contribution in [0.5, 0.6) is 11.5 Å². The van der Waals surface area contributed by atoms with Crippen molar-refractivity contribution >= 4 is 21.7 Å². The summed E-state index contributed by atoms with van der Waals surface area (Å²) in [6, 6.07) is 8.42. The molecule has 0 aliphatic carbocycles. The van der Waals surface area contributed by atoms with Gasteiger partial charge in [0, 0.05) is 0 Å². The summed E-state index contributed by atoms with van der Waals surface area (Å²) in [6.45, 7) is 0. The zero-order valence-corrected chi connectivity index (χ0v) is 11.5. The molecule has 0 aliphatic heterocycles. The van der Waals surface area contributed by atoms with Gasteiger partial charge in [-0.25, -0.2) is 0 Å². The molecule has 0 N–H and O–H groups in total. The minimum Gasteiger partial charge on any atom is -0.496 e. The van der Waals surface area contributed by atoms with Gasteiger partial charge in [-0.15, -0.1) is 0 Å². The average molecular weight is 311 g/mol. The Balaban J connectivity index is 2.52. The van der Waals surface area contributed by atoms with E-state index in [2.05, 4.69) is 15.9 Å². The van der Waals surface area contributed by atoms with Crippen LogP contribution in [-0.4, -0.2) is 20.0 Å². The number of ether oxygens (including phenoxy) is 2. The van der Waals surface area contributed by atoms with Crippen molar-refractivity contribution in [2.24, 2.45) is 0 Å². The van der Waals surface area contributed by atoms with Crippen molar-refractivity contribution in [3.8, 4) is 11.5 Å². The molecule has 0 radical (unpaired) electrons. The smallest absolute Gasteiger partial charge is 0.235 e. The molecule has 0 saturated heterocycles. The standard InChI is InChI=1S/C13H11BrO4/c1-16-8-4-3-5-9(17-2)12(8)13(15)10-6-7-11(14)18-10/h3-7H,1-2H3. The van der Waals surface area contributed by atoms with Crippen molar-refractivity contribution in [2.45, 2.75) is 0 Å². The van der Waals surface area contributed by atoms with Gasteiger partial charge in [-0.1, -0.05) is 6.07 Å². The minimum atomic E-state index is -0.282. The Bertz CT molecular complexity index is 552. The van der Waals surface area contributed by atoms with Crippen molar-refractivity contribution in [2.75, 3.05) is 14.2 Å². The van der Waals surface area contributed by atoms with E-state index in [0.29, 0.717) is 21.7 Å². The predicted octanol–water partition coefficient (Wildman–Crippen LogP) is 3.29. The first-order valence-corrected chi connectivity index (χ1v) is 5.97. The molecule has 18 heavy (non-hydrogen) atoms. The number of halogens is 1. The second kappa shape index (κ2) is 5.27. The number of carbonyl (C=O) groups is 1. The summed E-state index contributed by atoms with van der Waals surface area (Å²) in [5, 5.41) is 0. The maximum absolute atomic E-state index is 12.3. The topological polar surface area (TPSA) is 48.7 Å². The summed E-state index contributed by atoms with van der Waals surface area (Å²) in [6.07, 6.45) is 0. The maximum atomic E-state index is 12.3. The van der Waals surface area contributed by atoms with Gasteiger partial charge in [0.25, 0.3) is 0 Å². The first-order valence-electron chi connectivity index (χ1n) is 5.18. The summed E-state index contributed by atoms with van der Waals surface area (Å²) in [5.41, 5.74) is 0.351. The number of carbonyl (C=O) groups excluding carboxylic acids is 1. The SMILES string of the molecule is COc1cccc(OC)c1C(=O)c1ccc(Br)o1. The van der Waals surface area contributed by atoms with Crippen LogP contribution in [0.25, 0.3) is 0 Å². The molecule has 4 nitrogen and oxygen atoms in total. The Labute approximate surface area is 113 Å². The van der Waals surface area contributed by atoms with Gasteiger partial charge in [0.15, 0.2) is 10.4 Å². The van der Waals surface area contributed by atoms with Gasteiger partial charge in [-0.3, -0.25) is 4.79 Å². The van der Waals surface area contributed by atoms with Crippen LogP contribution >= 0.6 is 15.9 Å². The fourth-order valence-electron chi connectivity index (χ4n) is 1.63. The molecule has 1 aromatic heterocycles. The van der Waals surface area contributed by atoms with Crippen molar-refractivity contribution in [1.82, 2.24) is 0 Å². The third kappa shape index (κ3) is 2.26. The largest absolute Gasteiger partial charge is 0.496 e. The molecular weight excluding hydrogens is 300 g/mol. The van der Waals surface area contributed by atoms with Gasteiger partial charge in [0.2, 0.25) is 5.78 Å². The van der Waals surface area contributed by atoms with Crippen LogP contribution in [0.4, 0.5) is 0 Å². The van der Waals surface area contributed by atoms with E-state index >= 15 is 0 Å². The molecule has 0 aliphatic rings. The highest BCUT2D eigenvalue weighted by molar-refractivity contribution is 9.10. The molecule has 0 amide bonds. The third-order valence-corrected chi connectivity index (χ3v) is 2.88. The van der Waals surface area contributed by atoms with E-state index in [4.69, 9.17) is 13.9 Å². The third-order valence-electron chi connectivity index (χ3n) is 2.45. The lowest BCUT2D eigenvalue weighted by atomic mass is 10.1. The second-order valence-electron chi connectivity index (χ2n) is 3.47. The van der Waals surface area contributed by atoms with Crippen LogP contribution in [0.15, 0.2) is 39.4 Å². The van der Waals surface area contributed by atoms with E-state index in [9.17, 15) is 4.79 Å². The van der Waals surface area contributed by atoms with E-state index in [-0.39, 0.29) is 11.5 Å². The summed E-state index contributed by atoms with van der Waals surface area (Å²) in [7, 11) is 3.01. The van der Waals surface area contributed by atoms with Crippen molar-refractivity contribution < 1.29 is 18.7 Å². The Morgan fingerprint density at radius 2 is 1.72 bits per heavy atom. The summed E-state index contributed by atoms with van der Waals surface area (Å²) < 4.78 is 16.1. The Kier molecular flexibility index (Phi) is 3.72. The molecule has 0 fully saturated rings. The lowest BCUT2D eigenvalue weighted by Gasteiger charge is -2.10. The van der Waals surface area contributed by atoms with E-state index in [1.54, 1.807) is 30.3 Å². The van der Waals surface area contributed by atoms with Gasteiger partial charge in [0.05, 0.1) is 14.2 Å². The van der Waals surface area contributed by atoms with Crippen molar-refractivity contribution in [1.29, 1.82) is 0 Å². The van der Waals surface area contributed by atoms with Crippen molar-refractivity contribution in [3.63, 3.8) is 0 Å². The zero-order chi connectivity index (χ0) is 13.1. The molecule has 5 heteroatoms. The number of methoxy groups -OCH3 is 2. The molecule has 0 bridgehead atoms. The first-order chi connectivity index (χ1) is 8.67. The molecule has 0 saturated carbocycles. The monoisotopic (exact) mass is 310 g/mol. The van der Waals surface area contributed by atoms with E-state index < -0.39 is 0 Å². The van der Waals surface area contributed by atoms with Crippen LogP contribution in [-0.2, 0) is 0 Å². The maximum Gasteiger partial charge on any atom is 0.235 e. The zero-order valence-electron chi connectivity index (χ0n) is 9.90. The highest BCUT2D eigenvalue weighted by Crippen LogP contribution is 2.31. The Hall–Kier alpha value is -1.75. The Morgan fingerprint density at radius 3 is 2.17 bits per heavy atom.